The highest BCUT2D eigenvalue weighted by atomic mass is 19.4. The van der Waals surface area contributed by atoms with Crippen LogP contribution in [0.1, 0.15) is 43.0 Å². The Bertz CT molecular complexity index is 1060. The lowest BCUT2D eigenvalue weighted by Crippen LogP contribution is -2.14. The van der Waals surface area contributed by atoms with Gasteiger partial charge in [0.25, 0.3) is 11.6 Å². The van der Waals surface area contributed by atoms with Gasteiger partial charge in [0.15, 0.2) is 0 Å². The number of aromatic nitrogens is 4. The van der Waals surface area contributed by atoms with Gasteiger partial charge in [0.05, 0.1) is 6.10 Å². The van der Waals surface area contributed by atoms with Crippen LogP contribution in [0.4, 0.5) is 18.9 Å². The number of fused-ring (bicyclic) bond motifs is 1. The fraction of sp³-hybridized carbons (Fsp3) is 0.400. The van der Waals surface area contributed by atoms with Gasteiger partial charge in [0.2, 0.25) is 5.91 Å². The summed E-state index contributed by atoms with van der Waals surface area (Å²) in [5.74, 6) is -0.868. The van der Waals surface area contributed by atoms with E-state index < -0.39 is 12.0 Å². The molecule has 10 heteroatoms. The molecule has 1 aromatic carbocycles. The van der Waals surface area contributed by atoms with Crippen molar-refractivity contribution in [2.75, 3.05) is 5.32 Å². The topological polar surface area (TPSA) is 81.4 Å². The maximum atomic E-state index is 12.9. The second kappa shape index (κ2) is 8.29. The summed E-state index contributed by atoms with van der Waals surface area (Å²) < 4.78 is 45.3. The second-order valence-corrected chi connectivity index (χ2v) is 7.15. The summed E-state index contributed by atoms with van der Waals surface area (Å²) in [5, 5.41) is 6.31. The van der Waals surface area contributed by atoms with E-state index >= 15 is 0 Å². The average Bonchev–Trinajstić information content (AvgIpc) is 3.07. The number of amides is 1. The maximum Gasteiger partial charge on any atom is 0.453 e. The molecule has 0 saturated heterocycles. The molecule has 1 amide bonds. The van der Waals surface area contributed by atoms with Gasteiger partial charge in [0.1, 0.15) is 5.75 Å². The quantitative estimate of drug-likeness (QED) is 0.648. The van der Waals surface area contributed by atoms with Crippen molar-refractivity contribution in [3.05, 3.63) is 47.0 Å². The van der Waals surface area contributed by atoms with Crippen LogP contribution in [0, 0.1) is 13.8 Å². The number of benzene rings is 1. The first-order chi connectivity index (χ1) is 14.0. The van der Waals surface area contributed by atoms with Crippen LogP contribution >= 0.6 is 0 Å². The third-order valence-electron chi connectivity index (χ3n) is 4.41. The summed E-state index contributed by atoms with van der Waals surface area (Å²) in [6, 6.07) is 7.02. The Hall–Kier alpha value is -3.17. The van der Waals surface area contributed by atoms with Crippen LogP contribution < -0.4 is 10.1 Å². The van der Waals surface area contributed by atoms with Crippen molar-refractivity contribution >= 4 is 17.4 Å². The summed E-state index contributed by atoms with van der Waals surface area (Å²) in [6.45, 7) is 7.16. The van der Waals surface area contributed by atoms with Crippen LogP contribution in [-0.4, -0.2) is 31.6 Å². The molecule has 0 aliphatic rings. The summed E-state index contributed by atoms with van der Waals surface area (Å²) in [6.07, 6.45) is -4.15. The molecule has 0 spiro atoms. The molecule has 0 bridgehead atoms. The minimum absolute atomic E-state index is 0.0556. The molecule has 30 heavy (non-hydrogen) atoms. The third kappa shape index (κ3) is 4.87. The largest absolute Gasteiger partial charge is 0.491 e. The second-order valence-electron chi connectivity index (χ2n) is 7.15. The van der Waals surface area contributed by atoms with Crippen LogP contribution in [0.2, 0.25) is 0 Å². The number of alkyl halides is 3. The van der Waals surface area contributed by atoms with Gasteiger partial charge in [-0.05, 0) is 63.9 Å². The van der Waals surface area contributed by atoms with E-state index in [1.54, 1.807) is 38.1 Å². The van der Waals surface area contributed by atoms with E-state index in [1.807, 2.05) is 13.8 Å². The Morgan fingerprint density at radius 1 is 1.17 bits per heavy atom. The Kier molecular flexibility index (Phi) is 5.95. The van der Waals surface area contributed by atoms with E-state index in [1.165, 1.54) is 0 Å². The number of anilines is 1. The molecule has 0 atom stereocenters. The number of rotatable bonds is 6. The lowest BCUT2D eigenvalue weighted by Gasteiger charge is -2.12. The summed E-state index contributed by atoms with van der Waals surface area (Å²) in [5.41, 5.74) is 2.29. The Balaban J connectivity index is 1.69. The molecular weight excluding hydrogens is 399 g/mol. The summed E-state index contributed by atoms with van der Waals surface area (Å²) in [7, 11) is 0. The van der Waals surface area contributed by atoms with Crippen molar-refractivity contribution in [1.29, 1.82) is 0 Å². The van der Waals surface area contributed by atoms with Gasteiger partial charge >= 0.3 is 6.18 Å². The van der Waals surface area contributed by atoms with Gasteiger partial charge in [-0.3, -0.25) is 4.79 Å². The van der Waals surface area contributed by atoms with Crippen molar-refractivity contribution in [3.63, 3.8) is 0 Å². The zero-order chi connectivity index (χ0) is 22.1. The standard InChI is InChI=1S/C20H22F3N5O2/c1-11(2)30-15-7-5-14(6-8-15)25-17(29)10-9-16-12(3)24-19-26-18(20(21,22)23)27-28(19)13(16)4/h5-8,11H,9-10H2,1-4H3,(H,25,29). The number of hydrogen-bond acceptors (Lipinski definition) is 5. The SMILES string of the molecule is Cc1nc2nc(C(F)(F)F)nn2c(C)c1CCC(=O)Nc1ccc(OC(C)C)cc1. The van der Waals surface area contributed by atoms with Crippen molar-refractivity contribution in [3.8, 4) is 5.75 Å². The number of ether oxygens (including phenoxy) is 1. The smallest absolute Gasteiger partial charge is 0.453 e. The first-order valence-electron chi connectivity index (χ1n) is 9.41. The fourth-order valence-corrected chi connectivity index (χ4v) is 3.04. The molecule has 160 valence electrons. The van der Waals surface area contributed by atoms with Crippen LogP contribution in [0.5, 0.6) is 5.75 Å². The Morgan fingerprint density at radius 3 is 2.43 bits per heavy atom. The van der Waals surface area contributed by atoms with Crippen LogP contribution in [0.15, 0.2) is 24.3 Å². The van der Waals surface area contributed by atoms with E-state index in [-0.39, 0.29) is 24.2 Å². The molecule has 3 rings (SSSR count). The molecule has 2 heterocycles. The van der Waals surface area contributed by atoms with Crippen LogP contribution in [-0.2, 0) is 17.4 Å². The Labute approximate surface area is 171 Å². The number of nitrogens with one attached hydrogen (secondary N) is 1. The number of halogens is 3. The van der Waals surface area contributed by atoms with Gasteiger partial charge < -0.3 is 10.1 Å². The molecular formula is C20H22F3N5O2. The number of carbonyl (C=O) groups is 1. The zero-order valence-electron chi connectivity index (χ0n) is 17.0. The minimum atomic E-state index is -4.65. The molecule has 0 aliphatic heterocycles. The predicted molar refractivity (Wildman–Crippen MR) is 104 cm³/mol. The van der Waals surface area contributed by atoms with Gasteiger partial charge in [0, 0.05) is 23.5 Å². The van der Waals surface area contributed by atoms with E-state index in [9.17, 15) is 18.0 Å². The van der Waals surface area contributed by atoms with E-state index in [0.717, 1.165) is 4.52 Å². The fourth-order valence-electron chi connectivity index (χ4n) is 3.04. The molecule has 2 aromatic heterocycles. The zero-order valence-corrected chi connectivity index (χ0v) is 17.0. The van der Waals surface area contributed by atoms with Gasteiger partial charge in [-0.25, -0.2) is 9.50 Å². The predicted octanol–water partition coefficient (Wildman–Crippen LogP) is 4.12. The summed E-state index contributed by atoms with van der Waals surface area (Å²) in [4.78, 5) is 19.9. The van der Waals surface area contributed by atoms with E-state index in [2.05, 4.69) is 20.4 Å². The van der Waals surface area contributed by atoms with Crippen molar-refractivity contribution in [2.45, 2.75) is 52.8 Å². The monoisotopic (exact) mass is 421 g/mol. The normalized spacial score (nSPS) is 11.9. The average molecular weight is 421 g/mol. The van der Waals surface area contributed by atoms with Crippen molar-refractivity contribution in [1.82, 2.24) is 19.6 Å². The number of aryl methyl sites for hydroxylation is 2. The highest BCUT2D eigenvalue weighted by Crippen LogP contribution is 2.27. The van der Waals surface area contributed by atoms with Gasteiger partial charge in [-0.15, -0.1) is 5.10 Å². The molecule has 7 nitrogen and oxygen atoms in total. The number of nitrogens with zero attached hydrogens (tertiary/aromatic N) is 4. The minimum Gasteiger partial charge on any atom is -0.491 e. The number of carbonyl (C=O) groups excluding carboxylic acids is 1. The van der Waals surface area contributed by atoms with Gasteiger partial charge in [-0.1, -0.05) is 0 Å². The molecule has 0 unspecified atom stereocenters. The van der Waals surface area contributed by atoms with E-state index in [4.69, 9.17) is 4.74 Å². The molecule has 0 radical (unpaired) electrons. The highest BCUT2D eigenvalue weighted by Gasteiger charge is 2.36. The number of hydrogen-bond donors (Lipinski definition) is 1. The lowest BCUT2D eigenvalue weighted by atomic mass is 10.1. The van der Waals surface area contributed by atoms with E-state index in [0.29, 0.717) is 34.8 Å². The molecule has 0 fully saturated rings. The maximum absolute atomic E-state index is 12.9. The Morgan fingerprint density at radius 2 is 1.83 bits per heavy atom. The lowest BCUT2D eigenvalue weighted by molar-refractivity contribution is -0.144. The molecule has 3 aromatic rings. The highest BCUT2D eigenvalue weighted by molar-refractivity contribution is 5.90. The summed E-state index contributed by atoms with van der Waals surface area (Å²) >= 11 is 0. The molecule has 0 saturated carbocycles. The molecule has 1 N–H and O–H groups in total. The first kappa shape index (κ1) is 21.5. The third-order valence-corrected chi connectivity index (χ3v) is 4.41. The van der Waals surface area contributed by atoms with Crippen molar-refractivity contribution < 1.29 is 22.7 Å². The van der Waals surface area contributed by atoms with Crippen LogP contribution in [0.25, 0.3) is 5.78 Å². The van der Waals surface area contributed by atoms with Crippen molar-refractivity contribution in [2.24, 2.45) is 0 Å². The molecule has 0 aliphatic carbocycles. The first-order valence-corrected chi connectivity index (χ1v) is 9.41. The van der Waals surface area contributed by atoms with Crippen LogP contribution in [0.3, 0.4) is 0 Å². The van der Waals surface area contributed by atoms with Gasteiger partial charge in [-0.2, -0.15) is 18.2 Å².